The van der Waals surface area contributed by atoms with Crippen LogP contribution in [0.3, 0.4) is 0 Å². The molecule has 0 atom stereocenters. The van der Waals surface area contributed by atoms with Gasteiger partial charge in [-0.3, -0.25) is 4.79 Å². The number of nitrogens with one attached hydrogen (secondary N) is 1. The predicted octanol–water partition coefficient (Wildman–Crippen LogP) is 4.81. The fourth-order valence-electron chi connectivity index (χ4n) is 3.29. The van der Waals surface area contributed by atoms with Crippen LogP contribution in [-0.2, 0) is 6.54 Å². The second-order valence-electron chi connectivity index (χ2n) is 6.76. The Hall–Kier alpha value is -3.44. The summed E-state index contributed by atoms with van der Waals surface area (Å²) in [7, 11) is 0. The Morgan fingerprint density at radius 2 is 2.03 bits per heavy atom. The summed E-state index contributed by atoms with van der Waals surface area (Å²) in [5.74, 6) is -0.400. The molecular formula is C23H19ClN4O. The molecule has 0 aliphatic rings. The van der Waals surface area contributed by atoms with Crippen molar-refractivity contribution in [3.8, 4) is 0 Å². The van der Waals surface area contributed by atoms with Crippen molar-refractivity contribution < 1.29 is 4.79 Å². The number of carbonyl (C=O) groups is 1. The van der Waals surface area contributed by atoms with Crippen LogP contribution in [0.2, 0.25) is 5.15 Å². The van der Waals surface area contributed by atoms with Gasteiger partial charge in [0.05, 0.1) is 11.8 Å². The molecule has 0 unspecified atom stereocenters. The zero-order valence-electron chi connectivity index (χ0n) is 15.8. The number of para-hydroxylation sites is 1. The standard InChI is InChI=1S/C23H19ClN4O/c1-16-6-4-7-17(12-16)14-28-15-18(19-8-2-3-10-21(19)28)13-26-27-23(29)20-9-5-11-25-22(20)24/h2-13,15H,14H2,1H3,(H,27,29). The van der Waals surface area contributed by atoms with Gasteiger partial charge in [0.15, 0.2) is 0 Å². The van der Waals surface area contributed by atoms with E-state index in [0.29, 0.717) is 0 Å². The summed E-state index contributed by atoms with van der Waals surface area (Å²) in [4.78, 5) is 16.1. The largest absolute Gasteiger partial charge is 0.342 e. The molecule has 6 heteroatoms. The Morgan fingerprint density at radius 1 is 1.17 bits per heavy atom. The van der Waals surface area contributed by atoms with Crippen LogP contribution in [0.25, 0.3) is 10.9 Å². The van der Waals surface area contributed by atoms with Gasteiger partial charge in [-0.05, 0) is 30.7 Å². The first-order valence-electron chi connectivity index (χ1n) is 9.19. The van der Waals surface area contributed by atoms with E-state index in [1.165, 1.54) is 17.3 Å². The number of aryl methyl sites for hydroxylation is 1. The highest BCUT2D eigenvalue weighted by Gasteiger charge is 2.10. The predicted molar refractivity (Wildman–Crippen MR) is 117 cm³/mol. The van der Waals surface area contributed by atoms with Gasteiger partial charge >= 0.3 is 0 Å². The number of amides is 1. The number of hydrazone groups is 1. The molecule has 5 nitrogen and oxygen atoms in total. The average Bonchev–Trinajstić information content (AvgIpc) is 3.06. The van der Waals surface area contributed by atoms with E-state index in [2.05, 4.69) is 57.3 Å². The molecule has 0 spiro atoms. The minimum atomic E-state index is -0.400. The molecule has 0 saturated heterocycles. The Balaban J connectivity index is 1.58. The van der Waals surface area contributed by atoms with E-state index in [0.717, 1.165) is 23.0 Å². The maximum atomic E-state index is 12.2. The monoisotopic (exact) mass is 402 g/mol. The highest BCUT2D eigenvalue weighted by atomic mass is 35.5. The van der Waals surface area contributed by atoms with E-state index in [4.69, 9.17) is 11.6 Å². The number of rotatable bonds is 5. The molecule has 29 heavy (non-hydrogen) atoms. The van der Waals surface area contributed by atoms with Gasteiger partial charge in [0.25, 0.3) is 5.91 Å². The lowest BCUT2D eigenvalue weighted by atomic mass is 10.1. The molecular weight excluding hydrogens is 384 g/mol. The lowest BCUT2D eigenvalue weighted by Crippen LogP contribution is -2.18. The number of benzene rings is 2. The van der Waals surface area contributed by atoms with Crippen molar-refractivity contribution in [2.45, 2.75) is 13.5 Å². The molecule has 2 aromatic carbocycles. The molecule has 4 rings (SSSR count). The maximum Gasteiger partial charge on any atom is 0.274 e. The number of hydrogen-bond donors (Lipinski definition) is 1. The van der Waals surface area contributed by atoms with Gasteiger partial charge in [-0.15, -0.1) is 0 Å². The van der Waals surface area contributed by atoms with Crippen molar-refractivity contribution in [2.24, 2.45) is 5.10 Å². The molecule has 0 bridgehead atoms. The third-order valence-corrected chi connectivity index (χ3v) is 4.93. The topological polar surface area (TPSA) is 59.3 Å². The fraction of sp³-hybridized carbons (Fsp3) is 0.0870. The zero-order valence-corrected chi connectivity index (χ0v) is 16.6. The molecule has 0 aliphatic carbocycles. The lowest BCUT2D eigenvalue weighted by molar-refractivity contribution is 0.0955. The second-order valence-corrected chi connectivity index (χ2v) is 7.12. The van der Waals surface area contributed by atoms with E-state index in [9.17, 15) is 4.79 Å². The minimum absolute atomic E-state index is 0.148. The molecule has 0 aliphatic heterocycles. The quantitative estimate of drug-likeness (QED) is 0.296. The lowest BCUT2D eigenvalue weighted by Gasteiger charge is -2.06. The molecule has 1 amide bonds. The SMILES string of the molecule is Cc1cccc(Cn2cc(C=NNC(=O)c3cccnc3Cl)c3ccccc32)c1. The molecule has 4 aromatic rings. The third-order valence-electron chi connectivity index (χ3n) is 4.63. The molecule has 2 aromatic heterocycles. The minimum Gasteiger partial charge on any atom is -0.342 e. The van der Waals surface area contributed by atoms with Crippen LogP contribution < -0.4 is 5.43 Å². The Labute approximate surface area is 173 Å². The number of fused-ring (bicyclic) bond motifs is 1. The maximum absolute atomic E-state index is 12.2. The molecule has 2 heterocycles. The van der Waals surface area contributed by atoms with Crippen LogP contribution in [-0.4, -0.2) is 21.7 Å². The van der Waals surface area contributed by atoms with Gasteiger partial charge in [0, 0.05) is 35.4 Å². The highest BCUT2D eigenvalue weighted by molar-refractivity contribution is 6.32. The zero-order chi connectivity index (χ0) is 20.2. The molecule has 0 radical (unpaired) electrons. The number of carbonyl (C=O) groups excluding carboxylic acids is 1. The Morgan fingerprint density at radius 3 is 2.86 bits per heavy atom. The Kier molecular flexibility index (Phi) is 5.40. The van der Waals surface area contributed by atoms with Gasteiger partial charge in [-0.25, -0.2) is 10.4 Å². The van der Waals surface area contributed by atoms with Gasteiger partial charge in [-0.2, -0.15) is 5.10 Å². The number of pyridine rings is 1. The summed E-state index contributed by atoms with van der Waals surface area (Å²) in [6.45, 7) is 2.85. The Bertz CT molecular complexity index is 1210. The van der Waals surface area contributed by atoms with E-state index in [1.54, 1.807) is 18.3 Å². The first kappa shape index (κ1) is 18.9. The number of halogens is 1. The summed E-state index contributed by atoms with van der Waals surface area (Å²) in [6.07, 6.45) is 5.22. The highest BCUT2D eigenvalue weighted by Crippen LogP contribution is 2.21. The van der Waals surface area contributed by atoms with Crippen molar-refractivity contribution in [3.05, 3.63) is 100 Å². The van der Waals surface area contributed by atoms with E-state index >= 15 is 0 Å². The van der Waals surface area contributed by atoms with Crippen molar-refractivity contribution in [1.82, 2.24) is 15.0 Å². The van der Waals surface area contributed by atoms with Crippen LogP contribution >= 0.6 is 11.6 Å². The van der Waals surface area contributed by atoms with Crippen molar-refractivity contribution >= 4 is 34.6 Å². The van der Waals surface area contributed by atoms with E-state index < -0.39 is 5.91 Å². The molecule has 144 valence electrons. The molecule has 1 N–H and O–H groups in total. The van der Waals surface area contributed by atoms with E-state index in [-0.39, 0.29) is 10.7 Å². The normalized spacial score (nSPS) is 11.2. The average molecular weight is 403 g/mol. The summed E-state index contributed by atoms with van der Waals surface area (Å²) in [5.41, 5.74) is 7.30. The fourth-order valence-corrected chi connectivity index (χ4v) is 3.50. The second kappa shape index (κ2) is 8.29. The summed E-state index contributed by atoms with van der Waals surface area (Å²) in [6, 6.07) is 19.8. The van der Waals surface area contributed by atoms with Crippen LogP contribution in [0, 0.1) is 6.92 Å². The van der Waals surface area contributed by atoms with E-state index in [1.807, 2.05) is 24.4 Å². The number of aromatic nitrogens is 2. The summed E-state index contributed by atoms with van der Waals surface area (Å²) in [5, 5.41) is 5.33. The first-order valence-corrected chi connectivity index (χ1v) is 9.57. The third kappa shape index (κ3) is 4.20. The number of hydrogen-bond acceptors (Lipinski definition) is 3. The summed E-state index contributed by atoms with van der Waals surface area (Å²) < 4.78 is 2.19. The van der Waals surface area contributed by atoms with Gasteiger partial charge < -0.3 is 4.57 Å². The van der Waals surface area contributed by atoms with Gasteiger partial charge in [0.1, 0.15) is 5.15 Å². The molecule has 0 saturated carbocycles. The summed E-state index contributed by atoms with van der Waals surface area (Å²) >= 11 is 5.96. The van der Waals surface area contributed by atoms with Crippen molar-refractivity contribution in [3.63, 3.8) is 0 Å². The van der Waals surface area contributed by atoms with Crippen molar-refractivity contribution in [2.75, 3.05) is 0 Å². The number of nitrogens with zero attached hydrogens (tertiary/aromatic N) is 3. The van der Waals surface area contributed by atoms with Gasteiger partial charge in [0.2, 0.25) is 0 Å². The van der Waals surface area contributed by atoms with Gasteiger partial charge in [-0.1, -0.05) is 59.6 Å². The first-order chi connectivity index (χ1) is 14.1. The van der Waals surface area contributed by atoms with Crippen LogP contribution in [0.15, 0.2) is 78.2 Å². The van der Waals surface area contributed by atoms with Crippen molar-refractivity contribution in [1.29, 1.82) is 0 Å². The van der Waals surface area contributed by atoms with Crippen LogP contribution in [0.1, 0.15) is 27.0 Å². The smallest absolute Gasteiger partial charge is 0.274 e. The molecule has 0 fully saturated rings. The van der Waals surface area contributed by atoms with Crippen LogP contribution in [0.5, 0.6) is 0 Å². The van der Waals surface area contributed by atoms with Crippen LogP contribution in [0.4, 0.5) is 0 Å².